The molecule has 40 heavy (non-hydrogen) atoms. The monoisotopic (exact) mass is 625 g/mol. The molecule has 1 N–H and O–H groups in total. The number of sulfone groups is 1. The third-order valence-electron chi connectivity index (χ3n) is 5.83. The molecule has 3 rings (SSSR count). The van der Waals surface area contributed by atoms with Gasteiger partial charge in [0.1, 0.15) is 31.4 Å². The van der Waals surface area contributed by atoms with E-state index in [0.29, 0.717) is 5.56 Å². The van der Waals surface area contributed by atoms with Crippen molar-refractivity contribution < 1.29 is 98.3 Å². The summed E-state index contributed by atoms with van der Waals surface area (Å²) in [5, 5.41) is -2.56. The molecule has 3 unspecified atom stereocenters. The van der Waals surface area contributed by atoms with Gasteiger partial charge in [-0.1, -0.05) is 60.7 Å². The van der Waals surface area contributed by atoms with E-state index in [-0.39, 0.29) is 87.5 Å². The number of Topliss-reactive ketones (excluding diaryl/α,β-unsaturated/α-hetero) is 1. The van der Waals surface area contributed by atoms with E-state index in [1.165, 1.54) is 55.5 Å². The van der Waals surface area contributed by atoms with Crippen LogP contribution in [-0.4, -0.2) is 45.5 Å². The van der Waals surface area contributed by atoms with Crippen LogP contribution in [0.5, 0.6) is 0 Å². The summed E-state index contributed by atoms with van der Waals surface area (Å²) in [5.41, 5.74) is 0.455. The number of benzene rings is 3. The standard InChI is InChI=1S/C25H27NO9S3.2Na/c1-18(27)16-23(19-8-4-2-5-9-19)36(28,29)22-14-12-21(13-15-22)26-25(38(33,34)35)17-24(37(30,31)32)20-10-6-3-7-11-20;;/h2-15,23-26H,16-17H2,1H3,(H,30,31,32)(H,33,34,35);;/q;2*+1/p-2. The van der Waals surface area contributed by atoms with Crippen LogP contribution in [0.25, 0.3) is 0 Å². The number of carbonyl (C=O) groups is 1. The number of hydrogen-bond acceptors (Lipinski definition) is 10. The SMILES string of the molecule is CC(=O)CC(c1ccccc1)S(=O)(=O)c1ccc(NC(CC(c2ccccc2)S(=O)(=O)[O-])S(=O)(=O)[O-])cc1.[Na+].[Na+]. The van der Waals surface area contributed by atoms with E-state index in [4.69, 9.17) is 0 Å². The Labute approximate surface area is 279 Å². The predicted molar refractivity (Wildman–Crippen MR) is 139 cm³/mol. The van der Waals surface area contributed by atoms with Gasteiger partial charge in [0.05, 0.1) is 15.4 Å². The van der Waals surface area contributed by atoms with Crippen LogP contribution >= 0.6 is 0 Å². The van der Waals surface area contributed by atoms with E-state index in [1.807, 2.05) is 0 Å². The molecular weight excluding hydrogens is 600 g/mol. The van der Waals surface area contributed by atoms with Crippen molar-refractivity contribution in [1.82, 2.24) is 0 Å². The van der Waals surface area contributed by atoms with E-state index < -0.39 is 52.4 Å². The Hall–Kier alpha value is -1.10. The number of nitrogens with one attached hydrogen (secondary N) is 1. The van der Waals surface area contributed by atoms with Gasteiger partial charge in [-0.05, 0) is 42.3 Å². The predicted octanol–water partition coefficient (Wildman–Crippen LogP) is -2.85. The molecule has 3 aromatic carbocycles. The Morgan fingerprint density at radius 2 is 1.15 bits per heavy atom. The van der Waals surface area contributed by atoms with Gasteiger partial charge in [0, 0.05) is 18.5 Å². The average Bonchev–Trinajstić information content (AvgIpc) is 2.85. The molecule has 0 aliphatic carbocycles. The minimum Gasteiger partial charge on any atom is -0.747 e. The first-order valence-electron chi connectivity index (χ1n) is 11.3. The first-order valence-corrected chi connectivity index (χ1v) is 15.8. The molecule has 0 heterocycles. The molecule has 0 saturated carbocycles. The van der Waals surface area contributed by atoms with Gasteiger partial charge in [-0.2, -0.15) is 0 Å². The third-order valence-corrected chi connectivity index (χ3v) is 10.1. The van der Waals surface area contributed by atoms with Crippen molar-refractivity contribution in [2.75, 3.05) is 5.32 Å². The van der Waals surface area contributed by atoms with Crippen molar-refractivity contribution in [2.24, 2.45) is 0 Å². The van der Waals surface area contributed by atoms with Crippen molar-refractivity contribution >= 4 is 41.5 Å². The zero-order chi connectivity index (χ0) is 28.1. The number of ketones is 1. The largest absolute Gasteiger partial charge is 1.00 e. The van der Waals surface area contributed by atoms with Gasteiger partial charge in [-0.15, -0.1) is 0 Å². The molecular formula is C25H25NNa2O9S3. The van der Waals surface area contributed by atoms with Crippen molar-refractivity contribution in [3.8, 4) is 0 Å². The van der Waals surface area contributed by atoms with Crippen molar-refractivity contribution in [3.63, 3.8) is 0 Å². The molecule has 0 saturated heterocycles. The molecule has 0 spiro atoms. The van der Waals surface area contributed by atoms with Gasteiger partial charge in [0.25, 0.3) is 0 Å². The normalized spacial score (nSPS) is 14.1. The molecule has 0 bridgehead atoms. The summed E-state index contributed by atoms with van der Waals surface area (Å²) in [4.78, 5) is 11.7. The topological polar surface area (TPSA) is 178 Å². The van der Waals surface area contributed by atoms with Crippen LogP contribution in [0.3, 0.4) is 0 Å². The number of hydrogen-bond donors (Lipinski definition) is 1. The fourth-order valence-corrected chi connectivity index (χ4v) is 7.52. The first kappa shape index (κ1) is 36.9. The Morgan fingerprint density at radius 1 is 0.700 bits per heavy atom. The Bertz CT molecular complexity index is 1580. The van der Waals surface area contributed by atoms with Crippen LogP contribution < -0.4 is 64.4 Å². The molecule has 0 aromatic heterocycles. The second-order valence-corrected chi connectivity index (χ2v) is 13.9. The van der Waals surface area contributed by atoms with Gasteiger partial charge >= 0.3 is 59.1 Å². The summed E-state index contributed by atoms with van der Waals surface area (Å²) in [5.74, 6) is -0.328. The fraction of sp³-hybridized carbons (Fsp3) is 0.240. The van der Waals surface area contributed by atoms with Crippen LogP contribution in [0.2, 0.25) is 0 Å². The molecule has 0 fully saturated rings. The summed E-state index contributed by atoms with van der Waals surface area (Å²) in [6.45, 7) is 1.28. The van der Waals surface area contributed by atoms with E-state index in [1.54, 1.807) is 36.4 Å². The summed E-state index contributed by atoms with van der Waals surface area (Å²) >= 11 is 0. The van der Waals surface area contributed by atoms with Crippen LogP contribution in [0, 0.1) is 0 Å². The van der Waals surface area contributed by atoms with Gasteiger partial charge in [-0.25, -0.2) is 25.3 Å². The summed E-state index contributed by atoms with van der Waals surface area (Å²) in [6.07, 6.45) is -1.12. The zero-order valence-corrected chi connectivity index (χ0v) is 28.6. The molecule has 0 amide bonds. The minimum atomic E-state index is -5.15. The molecule has 15 heteroatoms. The summed E-state index contributed by atoms with van der Waals surface area (Å²) in [6, 6.07) is 20.2. The summed E-state index contributed by atoms with van der Waals surface area (Å²) in [7, 11) is -14.2. The molecule has 3 atom stereocenters. The maximum absolute atomic E-state index is 13.4. The van der Waals surface area contributed by atoms with Gasteiger partial charge in [-0.3, -0.25) is 4.79 Å². The second kappa shape index (κ2) is 15.4. The van der Waals surface area contributed by atoms with Gasteiger partial charge in [0.15, 0.2) is 9.84 Å². The molecule has 0 aliphatic rings. The van der Waals surface area contributed by atoms with Crippen molar-refractivity contribution in [3.05, 3.63) is 96.1 Å². The van der Waals surface area contributed by atoms with Crippen molar-refractivity contribution in [1.29, 1.82) is 0 Å². The third kappa shape index (κ3) is 10.0. The quantitative estimate of drug-likeness (QED) is 0.163. The van der Waals surface area contributed by atoms with E-state index in [2.05, 4.69) is 5.32 Å². The minimum absolute atomic E-state index is 0. The Balaban J connectivity index is 0.00000400. The van der Waals surface area contributed by atoms with Crippen LogP contribution in [0.15, 0.2) is 89.8 Å². The Kier molecular flexibility index (Phi) is 14.2. The molecule has 204 valence electrons. The van der Waals surface area contributed by atoms with E-state index in [9.17, 15) is 39.2 Å². The second-order valence-electron chi connectivity index (χ2n) is 8.63. The smallest absolute Gasteiger partial charge is 0.747 e. The Morgan fingerprint density at radius 3 is 1.55 bits per heavy atom. The first-order chi connectivity index (χ1) is 17.7. The molecule has 3 aromatic rings. The number of rotatable bonds is 12. The fourth-order valence-electron chi connectivity index (χ4n) is 3.96. The van der Waals surface area contributed by atoms with E-state index >= 15 is 0 Å². The number of carbonyl (C=O) groups excluding carboxylic acids is 1. The maximum Gasteiger partial charge on any atom is 1.00 e. The molecule has 10 nitrogen and oxygen atoms in total. The molecule has 0 aliphatic heterocycles. The van der Waals surface area contributed by atoms with Crippen LogP contribution in [-0.2, 0) is 34.9 Å². The molecule has 0 radical (unpaired) electrons. The van der Waals surface area contributed by atoms with Crippen LogP contribution in [0.1, 0.15) is 41.4 Å². The van der Waals surface area contributed by atoms with Crippen LogP contribution in [0.4, 0.5) is 5.69 Å². The average molecular weight is 626 g/mol. The van der Waals surface area contributed by atoms with Gasteiger partial charge < -0.3 is 14.4 Å². The van der Waals surface area contributed by atoms with Crippen molar-refractivity contribution in [2.45, 2.75) is 40.5 Å². The van der Waals surface area contributed by atoms with Gasteiger partial charge in [0.2, 0.25) is 0 Å². The number of anilines is 1. The summed E-state index contributed by atoms with van der Waals surface area (Å²) < 4.78 is 98.3. The maximum atomic E-state index is 13.4. The zero-order valence-electron chi connectivity index (χ0n) is 22.1. The van der Waals surface area contributed by atoms with E-state index in [0.717, 1.165) is 0 Å².